The van der Waals surface area contributed by atoms with Gasteiger partial charge in [-0.1, -0.05) is 37.3 Å². The Morgan fingerprint density at radius 2 is 2.15 bits per heavy atom. The third-order valence-electron chi connectivity index (χ3n) is 3.93. The number of ether oxygens (including phenoxy) is 1. The van der Waals surface area contributed by atoms with Crippen molar-refractivity contribution < 1.29 is 14.6 Å². The minimum Gasteiger partial charge on any atom is -0.445 e. The number of nitrogens with zero attached hydrogens (tertiary/aromatic N) is 1. The Bertz CT molecular complexity index is 421. The van der Waals surface area contributed by atoms with Gasteiger partial charge in [-0.15, -0.1) is 0 Å². The van der Waals surface area contributed by atoms with Crippen LogP contribution in [-0.4, -0.2) is 35.3 Å². The van der Waals surface area contributed by atoms with Crippen LogP contribution in [0.5, 0.6) is 0 Å². The molecule has 4 heteroatoms. The number of amides is 1. The highest BCUT2D eigenvalue weighted by Crippen LogP contribution is 2.24. The molecule has 1 aliphatic rings. The van der Waals surface area contributed by atoms with Crippen molar-refractivity contribution in [2.45, 2.75) is 38.8 Å². The van der Waals surface area contributed by atoms with E-state index in [2.05, 4.69) is 0 Å². The summed E-state index contributed by atoms with van der Waals surface area (Å²) in [5, 5.41) is 9.32. The smallest absolute Gasteiger partial charge is 0.410 e. The first kappa shape index (κ1) is 14.9. The van der Waals surface area contributed by atoms with Crippen LogP contribution in [-0.2, 0) is 11.3 Å². The standard InChI is InChI=1S/C16H23NO3/c1-13(11-18)15-9-5-6-10-17(15)16(19)20-12-14-7-3-2-4-8-14/h2-4,7-8,13,15,18H,5-6,9-12H2,1H3/t13-,15+/m1/s1. The van der Waals surface area contributed by atoms with Gasteiger partial charge in [0, 0.05) is 19.2 Å². The van der Waals surface area contributed by atoms with Crippen molar-refractivity contribution in [3.63, 3.8) is 0 Å². The molecule has 1 aliphatic heterocycles. The maximum atomic E-state index is 12.2. The largest absolute Gasteiger partial charge is 0.445 e. The Morgan fingerprint density at radius 3 is 2.85 bits per heavy atom. The molecule has 0 aliphatic carbocycles. The van der Waals surface area contributed by atoms with Crippen molar-refractivity contribution in [1.29, 1.82) is 0 Å². The van der Waals surface area contributed by atoms with E-state index < -0.39 is 0 Å². The first-order valence-corrected chi connectivity index (χ1v) is 7.30. The first-order chi connectivity index (χ1) is 9.72. The second-order valence-corrected chi connectivity index (χ2v) is 5.46. The lowest BCUT2D eigenvalue weighted by Gasteiger charge is -2.37. The quantitative estimate of drug-likeness (QED) is 0.920. The van der Waals surface area contributed by atoms with Crippen LogP contribution in [0.3, 0.4) is 0 Å². The van der Waals surface area contributed by atoms with E-state index in [1.807, 2.05) is 37.3 Å². The van der Waals surface area contributed by atoms with E-state index in [1.54, 1.807) is 4.90 Å². The average molecular weight is 277 g/mol. The molecule has 1 aromatic carbocycles. The normalized spacial score (nSPS) is 20.5. The average Bonchev–Trinajstić information content (AvgIpc) is 2.52. The minimum absolute atomic E-state index is 0.0945. The molecule has 1 fully saturated rings. The highest BCUT2D eigenvalue weighted by atomic mass is 16.6. The molecule has 4 nitrogen and oxygen atoms in total. The molecule has 1 heterocycles. The Kier molecular flexibility index (Phi) is 5.41. The monoisotopic (exact) mass is 277 g/mol. The first-order valence-electron chi connectivity index (χ1n) is 7.30. The topological polar surface area (TPSA) is 49.8 Å². The zero-order valence-corrected chi connectivity index (χ0v) is 12.0. The molecule has 1 amide bonds. The Labute approximate surface area is 120 Å². The van der Waals surface area contributed by atoms with Crippen molar-refractivity contribution in [3.05, 3.63) is 35.9 Å². The van der Waals surface area contributed by atoms with Crippen LogP contribution < -0.4 is 0 Å². The number of aliphatic hydroxyl groups excluding tert-OH is 1. The fourth-order valence-electron chi connectivity index (χ4n) is 2.70. The minimum atomic E-state index is -0.265. The van der Waals surface area contributed by atoms with Crippen molar-refractivity contribution in [2.24, 2.45) is 5.92 Å². The summed E-state index contributed by atoms with van der Waals surface area (Å²) >= 11 is 0. The summed E-state index contributed by atoms with van der Waals surface area (Å²) in [6.45, 7) is 3.11. The molecule has 110 valence electrons. The van der Waals surface area contributed by atoms with Gasteiger partial charge in [0.1, 0.15) is 6.61 Å². The lowest BCUT2D eigenvalue weighted by molar-refractivity contribution is 0.0431. The molecule has 0 unspecified atom stereocenters. The maximum Gasteiger partial charge on any atom is 0.410 e. The molecule has 2 atom stereocenters. The summed E-state index contributed by atoms with van der Waals surface area (Å²) in [5.74, 6) is 0.0968. The number of hydrogen-bond acceptors (Lipinski definition) is 3. The van der Waals surface area contributed by atoms with Crippen LogP contribution in [0.15, 0.2) is 30.3 Å². The van der Waals surface area contributed by atoms with Gasteiger partial charge in [-0.3, -0.25) is 0 Å². The zero-order chi connectivity index (χ0) is 14.4. The molecular formula is C16H23NO3. The number of carbonyl (C=O) groups is 1. The van der Waals surface area contributed by atoms with Gasteiger partial charge >= 0.3 is 6.09 Å². The number of hydrogen-bond donors (Lipinski definition) is 1. The SMILES string of the molecule is C[C@H](CO)[C@@H]1CCCCN1C(=O)OCc1ccccc1. The van der Waals surface area contributed by atoms with Crippen molar-refractivity contribution in [1.82, 2.24) is 4.90 Å². The number of aliphatic hydroxyl groups is 1. The van der Waals surface area contributed by atoms with Gasteiger partial charge in [0.15, 0.2) is 0 Å². The van der Waals surface area contributed by atoms with E-state index in [9.17, 15) is 9.90 Å². The summed E-state index contributed by atoms with van der Waals surface area (Å²) in [6, 6.07) is 9.78. The van der Waals surface area contributed by atoms with E-state index in [-0.39, 0.29) is 24.7 Å². The molecule has 2 rings (SSSR count). The van der Waals surface area contributed by atoms with Gasteiger partial charge < -0.3 is 14.7 Å². The highest BCUT2D eigenvalue weighted by molar-refractivity contribution is 5.68. The zero-order valence-electron chi connectivity index (χ0n) is 12.0. The van der Waals surface area contributed by atoms with Crippen LogP contribution in [0.1, 0.15) is 31.7 Å². The van der Waals surface area contributed by atoms with Crippen LogP contribution in [0, 0.1) is 5.92 Å². The second-order valence-electron chi connectivity index (χ2n) is 5.46. The highest BCUT2D eigenvalue weighted by Gasteiger charge is 2.31. The lowest BCUT2D eigenvalue weighted by Crippen LogP contribution is -2.47. The fourth-order valence-corrected chi connectivity index (χ4v) is 2.70. The summed E-state index contributed by atoms with van der Waals surface area (Å²) in [7, 11) is 0. The molecule has 1 aromatic rings. The van der Waals surface area contributed by atoms with Gasteiger partial charge in [-0.05, 0) is 30.7 Å². The molecule has 1 N–H and O–H groups in total. The number of carbonyl (C=O) groups excluding carboxylic acids is 1. The van der Waals surface area contributed by atoms with Crippen molar-refractivity contribution in [3.8, 4) is 0 Å². The van der Waals surface area contributed by atoms with Crippen LogP contribution in [0.25, 0.3) is 0 Å². The summed E-state index contributed by atoms with van der Waals surface area (Å²) in [4.78, 5) is 14.0. The Balaban J connectivity index is 1.92. The van der Waals surface area contributed by atoms with Gasteiger partial charge in [0.05, 0.1) is 0 Å². The molecular weight excluding hydrogens is 254 g/mol. The number of likely N-dealkylation sites (tertiary alicyclic amines) is 1. The van der Waals surface area contributed by atoms with E-state index in [0.717, 1.165) is 31.4 Å². The lowest BCUT2D eigenvalue weighted by atomic mass is 9.92. The van der Waals surface area contributed by atoms with E-state index in [1.165, 1.54) is 0 Å². The number of benzene rings is 1. The van der Waals surface area contributed by atoms with Gasteiger partial charge in [0.25, 0.3) is 0 Å². The van der Waals surface area contributed by atoms with Crippen molar-refractivity contribution >= 4 is 6.09 Å². The van der Waals surface area contributed by atoms with E-state index in [0.29, 0.717) is 6.61 Å². The van der Waals surface area contributed by atoms with Gasteiger partial charge in [0.2, 0.25) is 0 Å². The molecule has 0 bridgehead atoms. The molecule has 0 aromatic heterocycles. The van der Waals surface area contributed by atoms with Gasteiger partial charge in [-0.25, -0.2) is 4.79 Å². The fraction of sp³-hybridized carbons (Fsp3) is 0.562. The third-order valence-corrected chi connectivity index (χ3v) is 3.93. The Hall–Kier alpha value is -1.55. The third kappa shape index (κ3) is 3.73. The molecule has 0 radical (unpaired) electrons. The summed E-state index contributed by atoms with van der Waals surface area (Å²) in [6.07, 6.45) is 2.80. The van der Waals surface area contributed by atoms with Crippen molar-refractivity contribution in [2.75, 3.05) is 13.2 Å². The van der Waals surface area contributed by atoms with Crippen LogP contribution in [0.4, 0.5) is 4.79 Å². The van der Waals surface area contributed by atoms with Crippen LogP contribution >= 0.6 is 0 Å². The molecule has 1 saturated heterocycles. The van der Waals surface area contributed by atoms with Gasteiger partial charge in [-0.2, -0.15) is 0 Å². The number of rotatable bonds is 4. The van der Waals surface area contributed by atoms with E-state index >= 15 is 0 Å². The predicted octanol–water partition coefficient (Wildman–Crippen LogP) is 2.81. The maximum absolute atomic E-state index is 12.2. The second kappa shape index (κ2) is 7.29. The molecule has 20 heavy (non-hydrogen) atoms. The molecule has 0 saturated carbocycles. The Morgan fingerprint density at radius 1 is 1.40 bits per heavy atom. The summed E-state index contributed by atoms with van der Waals surface area (Å²) < 4.78 is 5.40. The van der Waals surface area contributed by atoms with E-state index in [4.69, 9.17) is 4.74 Å². The number of piperidine rings is 1. The predicted molar refractivity (Wildman–Crippen MR) is 77.2 cm³/mol. The summed E-state index contributed by atoms with van der Waals surface area (Å²) in [5.41, 5.74) is 0.990. The molecule has 0 spiro atoms. The van der Waals surface area contributed by atoms with Crippen LogP contribution in [0.2, 0.25) is 0 Å².